The third-order valence-electron chi connectivity index (χ3n) is 7.93. The molecule has 1 heteroatoms. The molecular weight excluding hydrogens is 362 g/mol. The fourth-order valence-corrected chi connectivity index (χ4v) is 5.93. The minimum absolute atomic E-state index is 0.454. The smallest absolute Gasteiger partial charge is 0.00387 e. The number of nitrogens with two attached hydrogens (primary N) is 1. The molecule has 30 heavy (non-hydrogen) atoms. The molecule has 0 amide bonds. The molecule has 0 heterocycles. The van der Waals surface area contributed by atoms with Gasteiger partial charge < -0.3 is 5.73 Å². The van der Waals surface area contributed by atoms with Crippen LogP contribution in [0, 0.1) is 17.8 Å². The Bertz CT molecular complexity index is 352. The van der Waals surface area contributed by atoms with Crippen LogP contribution in [0.5, 0.6) is 0 Å². The minimum Gasteiger partial charge on any atom is -0.328 e. The van der Waals surface area contributed by atoms with Crippen LogP contribution in [-0.4, -0.2) is 6.04 Å². The summed E-state index contributed by atoms with van der Waals surface area (Å²) in [5.41, 5.74) is 6.18. The second kappa shape index (κ2) is 19.6. The predicted octanol–water partition coefficient (Wildman–Crippen LogP) is 9.82. The molecule has 0 saturated heterocycles. The standard InChI is InChI=1S/C29H59N/c1-4-18-27(22-14-10-11-15-25-29(30)19-5-2)28-23-13-9-7-6-8-12-20-26(3)21-16-17-24-28/h26-29H,4-25,30H2,1-3H3/t26?,27?,28?,29-/m0/s1. The van der Waals surface area contributed by atoms with Crippen LogP contribution in [0.25, 0.3) is 0 Å². The van der Waals surface area contributed by atoms with Crippen LogP contribution in [0.2, 0.25) is 0 Å². The molecule has 0 aromatic heterocycles. The largest absolute Gasteiger partial charge is 0.328 e. The van der Waals surface area contributed by atoms with E-state index in [2.05, 4.69) is 20.8 Å². The third kappa shape index (κ3) is 14.9. The van der Waals surface area contributed by atoms with Crippen molar-refractivity contribution in [3.05, 3.63) is 0 Å². The lowest BCUT2D eigenvalue weighted by atomic mass is 9.78. The van der Waals surface area contributed by atoms with E-state index in [-0.39, 0.29) is 0 Å². The number of hydrogen-bond donors (Lipinski definition) is 1. The molecule has 0 aromatic carbocycles. The molecule has 180 valence electrons. The van der Waals surface area contributed by atoms with Crippen LogP contribution in [0.15, 0.2) is 0 Å². The number of rotatable bonds is 12. The SMILES string of the molecule is CCCC(CCCCCC[C@@H](N)CCC)C1CCCCCCCCC(C)CCCC1. The highest BCUT2D eigenvalue weighted by Crippen LogP contribution is 2.33. The van der Waals surface area contributed by atoms with E-state index >= 15 is 0 Å². The maximum absolute atomic E-state index is 6.18. The highest BCUT2D eigenvalue weighted by Gasteiger charge is 2.20. The molecule has 0 bridgehead atoms. The van der Waals surface area contributed by atoms with Crippen molar-refractivity contribution in [1.29, 1.82) is 0 Å². The Hall–Kier alpha value is -0.0400. The molecule has 0 aliphatic heterocycles. The predicted molar refractivity (Wildman–Crippen MR) is 137 cm³/mol. The van der Waals surface area contributed by atoms with Crippen molar-refractivity contribution < 1.29 is 0 Å². The molecular formula is C29H59N. The van der Waals surface area contributed by atoms with Crippen LogP contribution in [0.1, 0.15) is 162 Å². The van der Waals surface area contributed by atoms with E-state index in [1.54, 1.807) is 0 Å². The van der Waals surface area contributed by atoms with E-state index in [0.29, 0.717) is 6.04 Å². The van der Waals surface area contributed by atoms with Gasteiger partial charge in [-0.25, -0.2) is 0 Å². The average molecular weight is 422 g/mol. The first kappa shape index (κ1) is 28.0. The minimum atomic E-state index is 0.454. The summed E-state index contributed by atoms with van der Waals surface area (Å²) < 4.78 is 0. The lowest BCUT2D eigenvalue weighted by Crippen LogP contribution is -2.19. The summed E-state index contributed by atoms with van der Waals surface area (Å²) in [5.74, 6) is 2.98. The zero-order valence-corrected chi connectivity index (χ0v) is 21.4. The van der Waals surface area contributed by atoms with E-state index in [1.165, 1.54) is 141 Å². The molecule has 2 N–H and O–H groups in total. The van der Waals surface area contributed by atoms with E-state index < -0.39 is 0 Å². The normalized spacial score (nSPS) is 24.8. The Morgan fingerprint density at radius 1 is 0.600 bits per heavy atom. The maximum Gasteiger partial charge on any atom is 0.00387 e. The summed E-state index contributed by atoms with van der Waals surface area (Å²) in [6.07, 6.45) is 31.6. The molecule has 0 aromatic rings. The summed E-state index contributed by atoms with van der Waals surface area (Å²) in [4.78, 5) is 0. The molecule has 0 spiro atoms. The third-order valence-corrected chi connectivity index (χ3v) is 7.93. The van der Waals surface area contributed by atoms with Crippen LogP contribution >= 0.6 is 0 Å². The second-order valence-electron chi connectivity index (χ2n) is 10.9. The fraction of sp³-hybridized carbons (Fsp3) is 1.00. The van der Waals surface area contributed by atoms with Crippen molar-refractivity contribution in [3.8, 4) is 0 Å². The van der Waals surface area contributed by atoms with Crippen LogP contribution in [-0.2, 0) is 0 Å². The van der Waals surface area contributed by atoms with Crippen molar-refractivity contribution in [1.82, 2.24) is 0 Å². The molecule has 0 radical (unpaired) electrons. The van der Waals surface area contributed by atoms with E-state index in [1.807, 2.05) is 0 Å². The Balaban J connectivity index is 2.39. The first-order chi connectivity index (χ1) is 14.7. The molecule has 4 atom stereocenters. The van der Waals surface area contributed by atoms with Crippen molar-refractivity contribution >= 4 is 0 Å². The van der Waals surface area contributed by atoms with Crippen LogP contribution in [0.4, 0.5) is 0 Å². The summed E-state index contributed by atoms with van der Waals surface area (Å²) in [6.45, 7) is 7.16. The Morgan fingerprint density at radius 3 is 1.73 bits per heavy atom. The highest BCUT2D eigenvalue weighted by molar-refractivity contribution is 4.72. The lowest BCUT2D eigenvalue weighted by Gasteiger charge is -2.28. The molecule has 1 aliphatic rings. The molecule has 1 rings (SSSR count). The summed E-state index contributed by atoms with van der Waals surface area (Å²) in [5, 5.41) is 0. The molecule has 1 saturated carbocycles. The van der Waals surface area contributed by atoms with Crippen molar-refractivity contribution in [2.24, 2.45) is 23.5 Å². The molecule has 1 aliphatic carbocycles. The Labute approximate surface area is 191 Å². The van der Waals surface area contributed by atoms with Gasteiger partial charge in [-0.1, -0.05) is 149 Å². The molecule has 3 unspecified atom stereocenters. The molecule has 1 nitrogen and oxygen atoms in total. The van der Waals surface area contributed by atoms with Crippen LogP contribution < -0.4 is 5.73 Å². The Morgan fingerprint density at radius 2 is 1.10 bits per heavy atom. The van der Waals surface area contributed by atoms with Gasteiger partial charge in [-0.05, 0) is 30.6 Å². The van der Waals surface area contributed by atoms with E-state index in [9.17, 15) is 0 Å². The van der Waals surface area contributed by atoms with Gasteiger partial charge in [0.15, 0.2) is 0 Å². The zero-order chi connectivity index (χ0) is 21.9. The van der Waals surface area contributed by atoms with Gasteiger partial charge in [-0.3, -0.25) is 0 Å². The highest BCUT2D eigenvalue weighted by atomic mass is 14.6. The maximum atomic E-state index is 6.18. The lowest BCUT2D eigenvalue weighted by molar-refractivity contribution is 0.238. The van der Waals surface area contributed by atoms with Gasteiger partial charge in [0.05, 0.1) is 0 Å². The van der Waals surface area contributed by atoms with Crippen LogP contribution in [0.3, 0.4) is 0 Å². The zero-order valence-electron chi connectivity index (χ0n) is 21.4. The quantitative estimate of drug-likeness (QED) is 0.312. The Kier molecular flexibility index (Phi) is 18.3. The monoisotopic (exact) mass is 421 g/mol. The first-order valence-electron chi connectivity index (χ1n) is 14.4. The summed E-state index contributed by atoms with van der Waals surface area (Å²) >= 11 is 0. The topological polar surface area (TPSA) is 26.0 Å². The van der Waals surface area contributed by atoms with Gasteiger partial charge in [0.1, 0.15) is 0 Å². The van der Waals surface area contributed by atoms with Gasteiger partial charge in [0, 0.05) is 6.04 Å². The van der Waals surface area contributed by atoms with Crippen molar-refractivity contribution in [2.45, 2.75) is 168 Å². The number of unbranched alkanes of at least 4 members (excludes halogenated alkanes) is 3. The fourth-order valence-electron chi connectivity index (χ4n) is 5.93. The second-order valence-corrected chi connectivity index (χ2v) is 10.9. The average Bonchev–Trinajstić information content (AvgIpc) is 2.73. The molecule has 1 fully saturated rings. The van der Waals surface area contributed by atoms with E-state index in [0.717, 1.165) is 17.8 Å². The van der Waals surface area contributed by atoms with Gasteiger partial charge in [0.25, 0.3) is 0 Å². The summed E-state index contributed by atoms with van der Waals surface area (Å²) in [6, 6.07) is 0.454. The van der Waals surface area contributed by atoms with Gasteiger partial charge >= 0.3 is 0 Å². The van der Waals surface area contributed by atoms with Gasteiger partial charge in [-0.2, -0.15) is 0 Å². The van der Waals surface area contributed by atoms with Crippen molar-refractivity contribution in [2.75, 3.05) is 0 Å². The first-order valence-corrected chi connectivity index (χ1v) is 14.4. The number of hydrogen-bond acceptors (Lipinski definition) is 1. The van der Waals surface area contributed by atoms with Crippen molar-refractivity contribution in [3.63, 3.8) is 0 Å². The van der Waals surface area contributed by atoms with E-state index in [4.69, 9.17) is 5.73 Å². The van der Waals surface area contributed by atoms with Gasteiger partial charge in [0.2, 0.25) is 0 Å². The van der Waals surface area contributed by atoms with Gasteiger partial charge in [-0.15, -0.1) is 0 Å². The summed E-state index contributed by atoms with van der Waals surface area (Å²) in [7, 11) is 0.